The molecule has 1 saturated heterocycles. The van der Waals surface area contributed by atoms with Gasteiger partial charge in [-0.2, -0.15) is 0 Å². The molecule has 0 atom stereocenters. The number of rotatable bonds is 9. The SMILES string of the molecule is CCOC(=O)C1CCN(Cc2ccc3cc(OC4CCC(COC(C)C)CC4)ccc3c2)CC1. The fraction of sp³-hybridized carbons (Fsp3) is 0.621. The lowest BCUT2D eigenvalue weighted by molar-refractivity contribution is -0.149. The Morgan fingerprint density at radius 1 is 0.971 bits per heavy atom. The first-order valence-electron chi connectivity index (χ1n) is 13.2. The van der Waals surface area contributed by atoms with Crippen LogP contribution in [0.4, 0.5) is 0 Å². The van der Waals surface area contributed by atoms with Crippen molar-refractivity contribution < 1.29 is 19.0 Å². The van der Waals surface area contributed by atoms with Gasteiger partial charge in [-0.15, -0.1) is 0 Å². The van der Waals surface area contributed by atoms with E-state index in [0.717, 1.165) is 57.7 Å². The van der Waals surface area contributed by atoms with Gasteiger partial charge in [-0.05, 0) is 113 Å². The van der Waals surface area contributed by atoms with Crippen LogP contribution < -0.4 is 4.74 Å². The summed E-state index contributed by atoms with van der Waals surface area (Å²) in [5, 5.41) is 2.47. The number of piperidine rings is 1. The summed E-state index contributed by atoms with van der Waals surface area (Å²) in [7, 11) is 0. The number of hydrogen-bond acceptors (Lipinski definition) is 5. The fourth-order valence-electron chi connectivity index (χ4n) is 5.23. The lowest BCUT2D eigenvalue weighted by Gasteiger charge is -2.30. The molecule has 34 heavy (non-hydrogen) atoms. The summed E-state index contributed by atoms with van der Waals surface area (Å²) in [6.45, 7) is 10.2. The number of likely N-dealkylation sites (tertiary alicyclic amines) is 1. The van der Waals surface area contributed by atoms with Gasteiger partial charge in [0.05, 0.1) is 24.7 Å². The third-order valence-corrected chi connectivity index (χ3v) is 7.25. The third kappa shape index (κ3) is 6.96. The van der Waals surface area contributed by atoms with Crippen LogP contribution in [-0.4, -0.2) is 49.4 Å². The molecule has 2 aromatic rings. The van der Waals surface area contributed by atoms with Crippen LogP contribution in [0.15, 0.2) is 36.4 Å². The summed E-state index contributed by atoms with van der Waals surface area (Å²) in [4.78, 5) is 14.4. The largest absolute Gasteiger partial charge is 0.490 e. The second kappa shape index (κ2) is 12.0. The van der Waals surface area contributed by atoms with Crippen molar-refractivity contribution in [2.45, 2.75) is 78.0 Å². The first-order valence-corrected chi connectivity index (χ1v) is 13.2. The molecule has 0 amide bonds. The van der Waals surface area contributed by atoms with Crippen molar-refractivity contribution in [1.29, 1.82) is 0 Å². The van der Waals surface area contributed by atoms with E-state index in [4.69, 9.17) is 14.2 Å². The van der Waals surface area contributed by atoms with Gasteiger partial charge in [0, 0.05) is 13.2 Å². The Kier molecular flexibility index (Phi) is 8.85. The summed E-state index contributed by atoms with van der Waals surface area (Å²) in [5.41, 5.74) is 1.32. The second-order valence-electron chi connectivity index (χ2n) is 10.3. The van der Waals surface area contributed by atoms with Gasteiger partial charge >= 0.3 is 5.97 Å². The molecule has 0 bridgehead atoms. The lowest BCUT2D eigenvalue weighted by atomic mass is 9.88. The zero-order valence-electron chi connectivity index (χ0n) is 21.1. The quantitative estimate of drug-likeness (QED) is 0.425. The minimum Gasteiger partial charge on any atom is -0.490 e. The van der Waals surface area contributed by atoms with Crippen LogP contribution in [-0.2, 0) is 20.8 Å². The highest BCUT2D eigenvalue weighted by Crippen LogP contribution is 2.30. The normalized spacial score (nSPS) is 22.2. The molecule has 0 unspecified atom stereocenters. The topological polar surface area (TPSA) is 48.0 Å². The zero-order valence-corrected chi connectivity index (χ0v) is 21.1. The van der Waals surface area contributed by atoms with Crippen molar-refractivity contribution in [3.8, 4) is 5.75 Å². The molecular formula is C29H41NO4. The van der Waals surface area contributed by atoms with Crippen molar-refractivity contribution in [1.82, 2.24) is 4.90 Å². The molecule has 0 N–H and O–H groups in total. The lowest BCUT2D eigenvalue weighted by Crippen LogP contribution is -2.36. The molecule has 1 aliphatic heterocycles. The molecule has 186 valence electrons. The van der Waals surface area contributed by atoms with Crippen LogP contribution in [0.1, 0.15) is 64.9 Å². The maximum atomic E-state index is 12.0. The molecule has 0 spiro atoms. The van der Waals surface area contributed by atoms with E-state index in [0.29, 0.717) is 24.7 Å². The van der Waals surface area contributed by atoms with Gasteiger partial charge in [0.1, 0.15) is 5.75 Å². The van der Waals surface area contributed by atoms with Gasteiger partial charge in [0.25, 0.3) is 0 Å². The van der Waals surface area contributed by atoms with Gasteiger partial charge in [-0.25, -0.2) is 0 Å². The monoisotopic (exact) mass is 467 g/mol. The van der Waals surface area contributed by atoms with E-state index in [1.54, 1.807) is 0 Å². The smallest absolute Gasteiger partial charge is 0.309 e. The molecule has 1 heterocycles. The zero-order chi connectivity index (χ0) is 23.9. The van der Waals surface area contributed by atoms with Gasteiger partial charge in [0.15, 0.2) is 0 Å². The Bertz CT molecular complexity index is 927. The second-order valence-corrected chi connectivity index (χ2v) is 10.3. The standard InChI is InChI=1S/C29H41NO4/c1-4-32-29(31)24-13-15-30(16-14-24)19-23-5-8-26-18-28(12-9-25(26)17-23)34-27-10-6-22(7-11-27)20-33-21(2)3/h5,8-9,12,17-18,21-22,24,27H,4,6-7,10-11,13-16,19-20H2,1-3H3. The Labute approximate surface area is 204 Å². The van der Waals surface area contributed by atoms with Crippen LogP contribution in [0, 0.1) is 11.8 Å². The summed E-state index contributed by atoms with van der Waals surface area (Å²) < 4.78 is 17.3. The summed E-state index contributed by atoms with van der Waals surface area (Å²) in [5.74, 6) is 1.69. The average molecular weight is 468 g/mol. The highest BCUT2D eigenvalue weighted by molar-refractivity contribution is 5.84. The molecule has 2 fully saturated rings. The van der Waals surface area contributed by atoms with Gasteiger partial charge in [-0.3, -0.25) is 9.69 Å². The predicted molar refractivity (Wildman–Crippen MR) is 136 cm³/mol. The van der Waals surface area contributed by atoms with Crippen molar-refractivity contribution in [2.75, 3.05) is 26.3 Å². The van der Waals surface area contributed by atoms with Gasteiger partial charge in [-0.1, -0.05) is 18.2 Å². The van der Waals surface area contributed by atoms with Crippen LogP contribution in [0.25, 0.3) is 10.8 Å². The molecule has 0 aromatic heterocycles. The number of esters is 1. The van der Waals surface area contributed by atoms with E-state index >= 15 is 0 Å². The fourth-order valence-corrected chi connectivity index (χ4v) is 5.23. The van der Waals surface area contributed by atoms with E-state index in [-0.39, 0.29) is 11.9 Å². The number of fused-ring (bicyclic) bond motifs is 1. The van der Waals surface area contributed by atoms with Crippen LogP contribution in [0.5, 0.6) is 5.75 Å². The van der Waals surface area contributed by atoms with Gasteiger partial charge in [0.2, 0.25) is 0 Å². The molecule has 4 rings (SSSR count). The summed E-state index contributed by atoms with van der Waals surface area (Å²) in [6.07, 6.45) is 6.99. The number of ether oxygens (including phenoxy) is 3. The molecule has 2 aromatic carbocycles. The maximum Gasteiger partial charge on any atom is 0.309 e. The molecule has 0 radical (unpaired) electrons. The number of carbonyl (C=O) groups is 1. The van der Waals surface area contributed by atoms with Crippen molar-refractivity contribution in [3.05, 3.63) is 42.0 Å². The Morgan fingerprint density at radius 3 is 2.38 bits per heavy atom. The highest BCUT2D eigenvalue weighted by atomic mass is 16.5. The van der Waals surface area contributed by atoms with E-state index in [9.17, 15) is 4.79 Å². The third-order valence-electron chi connectivity index (χ3n) is 7.25. The van der Waals surface area contributed by atoms with Crippen molar-refractivity contribution in [2.24, 2.45) is 11.8 Å². The van der Waals surface area contributed by atoms with Crippen LogP contribution in [0.3, 0.4) is 0 Å². The molecule has 5 nitrogen and oxygen atoms in total. The highest BCUT2D eigenvalue weighted by Gasteiger charge is 2.26. The van der Waals surface area contributed by atoms with E-state index < -0.39 is 0 Å². The molecule has 5 heteroatoms. The molecule has 1 saturated carbocycles. The van der Waals surface area contributed by atoms with Crippen LogP contribution in [0.2, 0.25) is 0 Å². The van der Waals surface area contributed by atoms with Crippen LogP contribution >= 0.6 is 0 Å². The number of benzene rings is 2. The minimum atomic E-state index is -0.0286. The first kappa shape index (κ1) is 25.0. The van der Waals surface area contributed by atoms with E-state index in [1.165, 1.54) is 29.2 Å². The predicted octanol–water partition coefficient (Wildman–Crippen LogP) is 5.98. The van der Waals surface area contributed by atoms with Crippen molar-refractivity contribution >= 4 is 16.7 Å². The van der Waals surface area contributed by atoms with Gasteiger partial charge < -0.3 is 14.2 Å². The molecule has 1 aliphatic carbocycles. The Hall–Kier alpha value is -2.11. The average Bonchev–Trinajstić information content (AvgIpc) is 2.84. The summed E-state index contributed by atoms with van der Waals surface area (Å²) in [6, 6.07) is 13.2. The first-order chi connectivity index (χ1) is 16.5. The maximum absolute atomic E-state index is 12.0. The number of carbonyl (C=O) groups excluding carboxylic acids is 1. The van der Waals surface area contributed by atoms with E-state index in [1.807, 2.05) is 6.92 Å². The summed E-state index contributed by atoms with van der Waals surface area (Å²) >= 11 is 0. The number of nitrogens with zero attached hydrogens (tertiary/aromatic N) is 1. The Morgan fingerprint density at radius 2 is 1.68 bits per heavy atom. The Balaban J connectivity index is 1.27. The number of hydrogen-bond donors (Lipinski definition) is 0. The van der Waals surface area contributed by atoms with E-state index in [2.05, 4.69) is 55.1 Å². The minimum absolute atomic E-state index is 0.0286. The molecular weight excluding hydrogens is 426 g/mol. The van der Waals surface area contributed by atoms with Crippen molar-refractivity contribution in [3.63, 3.8) is 0 Å². The molecule has 2 aliphatic rings.